The summed E-state index contributed by atoms with van der Waals surface area (Å²) in [6, 6.07) is 7.45. The minimum Gasteiger partial charge on any atom is -0.333 e. The van der Waals surface area contributed by atoms with Gasteiger partial charge in [0.25, 0.3) is 0 Å². The molecule has 3 amide bonds. The molecule has 0 saturated heterocycles. The summed E-state index contributed by atoms with van der Waals surface area (Å²) < 4.78 is 1.89. The first kappa shape index (κ1) is 19.0. The molecule has 0 radical (unpaired) electrons. The van der Waals surface area contributed by atoms with E-state index in [1.807, 2.05) is 63.5 Å². The molecule has 0 aliphatic carbocycles. The molecule has 0 saturated carbocycles. The van der Waals surface area contributed by atoms with Crippen LogP contribution in [0.2, 0.25) is 0 Å². The molecule has 0 aliphatic heterocycles. The number of aryl methyl sites for hydroxylation is 2. The number of carbonyl (C=O) groups is 2. The predicted molar refractivity (Wildman–Crippen MR) is 98.0 cm³/mol. The third-order valence-corrected chi connectivity index (χ3v) is 4.06. The summed E-state index contributed by atoms with van der Waals surface area (Å²) in [5, 5.41) is 13.8. The van der Waals surface area contributed by atoms with Gasteiger partial charge in [0.15, 0.2) is 5.16 Å². The van der Waals surface area contributed by atoms with Crippen molar-refractivity contribution in [1.82, 2.24) is 25.4 Å². The monoisotopic (exact) mass is 361 g/mol. The molecule has 1 aromatic heterocycles. The second-order valence-electron chi connectivity index (χ2n) is 6.75. The van der Waals surface area contributed by atoms with E-state index in [1.165, 1.54) is 11.8 Å². The number of rotatable bonds is 4. The van der Waals surface area contributed by atoms with Crippen LogP contribution in [0.1, 0.15) is 32.2 Å². The number of urea groups is 1. The normalized spacial score (nSPS) is 11.2. The van der Waals surface area contributed by atoms with Crippen molar-refractivity contribution in [3.63, 3.8) is 0 Å². The summed E-state index contributed by atoms with van der Waals surface area (Å²) in [6.07, 6.45) is 0. The molecule has 25 heavy (non-hydrogen) atoms. The molecule has 0 spiro atoms. The lowest BCUT2D eigenvalue weighted by atomic mass is 10.1. The first-order chi connectivity index (χ1) is 11.7. The Morgan fingerprint density at radius 1 is 1.20 bits per heavy atom. The predicted octanol–water partition coefficient (Wildman–Crippen LogP) is 2.60. The summed E-state index contributed by atoms with van der Waals surface area (Å²) in [6.45, 7) is 9.41. The van der Waals surface area contributed by atoms with Crippen LogP contribution in [-0.4, -0.2) is 38.0 Å². The van der Waals surface area contributed by atoms with E-state index in [-0.39, 0.29) is 11.7 Å². The molecule has 2 N–H and O–H groups in total. The van der Waals surface area contributed by atoms with Crippen molar-refractivity contribution < 1.29 is 9.59 Å². The lowest BCUT2D eigenvalue weighted by Crippen LogP contribution is -2.48. The zero-order valence-electron chi connectivity index (χ0n) is 15.1. The van der Waals surface area contributed by atoms with Gasteiger partial charge in [-0.25, -0.2) is 4.79 Å². The van der Waals surface area contributed by atoms with Crippen molar-refractivity contribution >= 4 is 23.7 Å². The fourth-order valence-electron chi connectivity index (χ4n) is 2.17. The van der Waals surface area contributed by atoms with Crippen LogP contribution in [0.4, 0.5) is 4.79 Å². The minimum atomic E-state index is -0.505. The zero-order valence-corrected chi connectivity index (χ0v) is 15.9. The lowest BCUT2D eigenvalue weighted by Gasteiger charge is -2.20. The minimum absolute atomic E-state index is 0.0709. The van der Waals surface area contributed by atoms with Crippen molar-refractivity contribution in [3.05, 3.63) is 35.7 Å². The van der Waals surface area contributed by atoms with Crippen LogP contribution in [0, 0.1) is 13.8 Å². The molecule has 0 unspecified atom stereocenters. The Morgan fingerprint density at radius 3 is 2.56 bits per heavy atom. The van der Waals surface area contributed by atoms with Crippen LogP contribution in [0.15, 0.2) is 29.4 Å². The van der Waals surface area contributed by atoms with E-state index in [0.29, 0.717) is 5.16 Å². The Labute approximate surface area is 151 Å². The number of imide groups is 1. The van der Waals surface area contributed by atoms with Gasteiger partial charge in [-0.2, -0.15) is 0 Å². The summed E-state index contributed by atoms with van der Waals surface area (Å²) in [4.78, 5) is 23.7. The van der Waals surface area contributed by atoms with E-state index in [2.05, 4.69) is 20.8 Å². The second-order valence-corrected chi connectivity index (χ2v) is 7.69. The van der Waals surface area contributed by atoms with Crippen LogP contribution in [0.5, 0.6) is 0 Å². The summed E-state index contributed by atoms with van der Waals surface area (Å²) in [5.74, 6) is 0.420. The van der Waals surface area contributed by atoms with Gasteiger partial charge in [-0.15, -0.1) is 10.2 Å². The number of nitrogens with zero attached hydrogens (tertiary/aromatic N) is 3. The average molecular weight is 361 g/mol. The van der Waals surface area contributed by atoms with Gasteiger partial charge in [-0.1, -0.05) is 23.9 Å². The van der Waals surface area contributed by atoms with E-state index in [0.717, 1.165) is 17.1 Å². The van der Waals surface area contributed by atoms with Gasteiger partial charge in [-0.05, 0) is 52.3 Å². The molecule has 134 valence electrons. The van der Waals surface area contributed by atoms with Crippen LogP contribution in [0.25, 0.3) is 5.69 Å². The van der Waals surface area contributed by atoms with Gasteiger partial charge >= 0.3 is 6.03 Å². The number of hydrogen-bond acceptors (Lipinski definition) is 5. The highest BCUT2D eigenvalue weighted by atomic mass is 32.2. The van der Waals surface area contributed by atoms with Crippen LogP contribution in [0.3, 0.4) is 0 Å². The highest BCUT2D eigenvalue weighted by Crippen LogP contribution is 2.22. The van der Waals surface area contributed by atoms with Crippen molar-refractivity contribution in [2.75, 3.05) is 5.75 Å². The Hall–Kier alpha value is -2.35. The molecule has 1 heterocycles. The second kappa shape index (κ2) is 7.69. The molecular formula is C17H23N5O2S. The maximum absolute atomic E-state index is 12.0. The fourth-order valence-corrected chi connectivity index (χ4v) is 2.96. The standard InChI is InChI=1S/C17H23N5O2S/c1-11-7-6-8-13(9-11)22-12(2)20-21-16(22)25-10-14(23)18-15(24)19-17(3,4)5/h6-9H,10H2,1-5H3,(H2,18,19,23,24). The number of thioether (sulfide) groups is 1. The van der Waals surface area contributed by atoms with E-state index < -0.39 is 11.6 Å². The Morgan fingerprint density at radius 2 is 1.92 bits per heavy atom. The molecule has 2 aromatic rings. The number of aromatic nitrogens is 3. The summed E-state index contributed by atoms with van der Waals surface area (Å²) in [7, 11) is 0. The van der Waals surface area contributed by atoms with Gasteiger partial charge in [0.05, 0.1) is 5.75 Å². The Kier molecular flexibility index (Phi) is 5.84. The SMILES string of the molecule is Cc1cccc(-n2c(C)nnc2SCC(=O)NC(=O)NC(C)(C)C)c1. The quantitative estimate of drug-likeness (QED) is 0.817. The molecule has 1 aromatic carbocycles. The third-order valence-electron chi connectivity index (χ3n) is 3.13. The van der Waals surface area contributed by atoms with Gasteiger partial charge in [-0.3, -0.25) is 14.7 Å². The third kappa shape index (κ3) is 5.60. The summed E-state index contributed by atoms with van der Waals surface area (Å²) >= 11 is 1.23. The number of amides is 3. The van der Waals surface area contributed by atoms with Crippen molar-refractivity contribution in [2.45, 2.75) is 45.3 Å². The molecule has 0 aliphatic rings. The van der Waals surface area contributed by atoms with E-state index in [9.17, 15) is 9.59 Å². The number of carbonyl (C=O) groups excluding carboxylic acids is 2. The molecule has 0 atom stereocenters. The van der Waals surface area contributed by atoms with E-state index >= 15 is 0 Å². The number of hydrogen-bond donors (Lipinski definition) is 2. The van der Waals surface area contributed by atoms with Gasteiger partial charge in [0.2, 0.25) is 5.91 Å². The lowest BCUT2D eigenvalue weighted by molar-refractivity contribution is -0.117. The largest absolute Gasteiger partial charge is 0.333 e. The highest BCUT2D eigenvalue weighted by molar-refractivity contribution is 7.99. The Balaban J connectivity index is 2.02. The molecule has 7 nitrogen and oxygen atoms in total. The zero-order chi connectivity index (χ0) is 18.6. The van der Waals surface area contributed by atoms with Gasteiger partial charge in [0.1, 0.15) is 5.82 Å². The molecule has 2 rings (SSSR count). The van der Waals surface area contributed by atoms with E-state index in [1.54, 1.807) is 0 Å². The first-order valence-electron chi connectivity index (χ1n) is 7.89. The molecule has 0 fully saturated rings. The maximum Gasteiger partial charge on any atom is 0.321 e. The van der Waals surface area contributed by atoms with E-state index in [4.69, 9.17) is 0 Å². The maximum atomic E-state index is 12.0. The van der Waals surface area contributed by atoms with Crippen molar-refractivity contribution in [3.8, 4) is 5.69 Å². The molecule has 0 bridgehead atoms. The number of nitrogens with one attached hydrogen (secondary N) is 2. The summed E-state index contributed by atoms with van der Waals surface area (Å²) in [5.41, 5.74) is 1.66. The van der Waals surface area contributed by atoms with Gasteiger partial charge < -0.3 is 5.32 Å². The topological polar surface area (TPSA) is 88.9 Å². The first-order valence-corrected chi connectivity index (χ1v) is 8.88. The average Bonchev–Trinajstić information content (AvgIpc) is 2.84. The number of benzene rings is 1. The highest BCUT2D eigenvalue weighted by Gasteiger charge is 2.17. The Bertz CT molecular complexity index is 780. The van der Waals surface area contributed by atoms with Gasteiger partial charge in [0, 0.05) is 11.2 Å². The van der Waals surface area contributed by atoms with Crippen LogP contribution < -0.4 is 10.6 Å². The smallest absolute Gasteiger partial charge is 0.321 e. The van der Waals surface area contributed by atoms with Crippen molar-refractivity contribution in [1.29, 1.82) is 0 Å². The van der Waals surface area contributed by atoms with Crippen LogP contribution in [-0.2, 0) is 4.79 Å². The van der Waals surface area contributed by atoms with Crippen molar-refractivity contribution in [2.24, 2.45) is 0 Å². The fraction of sp³-hybridized carbons (Fsp3) is 0.412. The van der Waals surface area contributed by atoms with Crippen LogP contribution >= 0.6 is 11.8 Å². The molecule has 8 heteroatoms. The molecular weight excluding hydrogens is 338 g/mol.